The number of likely N-dealkylation sites (N-methyl/N-ethyl adjacent to an activating group) is 1. The molecule has 1 rings (SSSR count). The molecule has 0 saturated heterocycles. The molecule has 0 bridgehead atoms. The predicted octanol–water partition coefficient (Wildman–Crippen LogP) is 1.03. The number of nitrogens with one attached hydrogen (secondary N) is 1. The van der Waals surface area contributed by atoms with E-state index in [0.717, 1.165) is 6.42 Å². The molecular weight excluding hydrogens is 234 g/mol. The van der Waals surface area contributed by atoms with Crippen LogP contribution in [-0.4, -0.2) is 37.6 Å². The van der Waals surface area contributed by atoms with Gasteiger partial charge in [-0.1, -0.05) is 6.92 Å². The minimum Gasteiger partial charge on any atom is -0.459 e. The van der Waals surface area contributed by atoms with E-state index in [2.05, 4.69) is 5.32 Å². The Kier molecular flexibility index (Phi) is 6.15. The van der Waals surface area contributed by atoms with Crippen molar-refractivity contribution in [1.82, 2.24) is 5.32 Å². The summed E-state index contributed by atoms with van der Waals surface area (Å²) in [6.45, 7) is 4.64. The fourth-order valence-electron chi connectivity index (χ4n) is 2.16. The van der Waals surface area contributed by atoms with Crippen molar-refractivity contribution in [3.8, 4) is 0 Å². The standard InChI is InChI=1S/C13H23NO4/c1-4-17-13-10(6-5-7-15)9(2)8-11(18-13)12(16)14-3/h8-10,13,15H,4-7H2,1-3H3,(H,14,16)/t9-,10-,13+/m0/s1. The van der Waals surface area contributed by atoms with Gasteiger partial charge in [-0.25, -0.2) is 0 Å². The van der Waals surface area contributed by atoms with Gasteiger partial charge in [-0.15, -0.1) is 0 Å². The van der Waals surface area contributed by atoms with Crippen LogP contribution in [0.15, 0.2) is 11.8 Å². The predicted molar refractivity (Wildman–Crippen MR) is 67.6 cm³/mol. The Hall–Kier alpha value is -1.07. The van der Waals surface area contributed by atoms with Crippen LogP contribution in [0.5, 0.6) is 0 Å². The molecule has 5 heteroatoms. The van der Waals surface area contributed by atoms with Gasteiger partial charge in [0.1, 0.15) is 0 Å². The van der Waals surface area contributed by atoms with E-state index in [1.165, 1.54) is 0 Å². The van der Waals surface area contributed by atoms with Gasteiger partial charge in [0, 0.05) is 26.2 Å². The van der Waals surface area contributed by atoms with Crippen molar-refractivity contribution in [3.63, 3.8) is 0 Å². The van der Waals surface area contributed by atoms with E-state index >= 15 is 0 Å². The summed E-state index contributed by atoms with van der Waals surface area (Å²) in [6.07, 6.45) is 2.95. The summed E-state index contributed by atoms with van der Waals surface area (Å²) in [4.78, 5) is 11.6. The number of aliphatic hydroxyl groups excluding tert-OH is 1. The zero-order chi connectivity index (χ0) is 13.5. The number of ether oxygens (including phenoxy) is 2. The molecule has 0 spiro atoms. The first-order valence-corrected chi connectivity index (χ1v) is 6.47. The number of aliphatic hydroxyl groups is 1. The molecule has 2 N–H and O–H groups in total. The Morgan fingerprint density at radius 3 is 2.89 bits per heavy atom. The molecule has 104 valence electrons. The minimum absolute atomic E-state index is 0.161. The van der Waals surface area contributed by atoms with Crippen LogP contribution in [0.1, 0.15) is 26.7 Å². The van der Waals surface area contributed by atoms with Gasteiger partial charge >= 0.3 is 0 Å². The molecule has 0 radical (unpaired) electrons. The Bertz CT molecular complexity index is 303. The van der Waals surface area contributed by atoms with Crippen molar-refractivity contribution < 1.29 is 19.4 Å². The van der Waals surface area contributed by atoms with Gasteiger partial charge in [-0.2, -0.15) is 0 Å². The fraction of sp³-hybridized carbons (Fsp3) is 0.769. The zero-order valence-corrected chi connectivity index (χ0v) is 11.3. The number of hydrogen-bond acceptors (Lipinski definition) is 4. The Balaban J connectivity index is 2.78. The highest BCUT2D eigenvalue weighted by Gasteiger charge is 2.34. The van der Waals surface area contributed by atoms with Crippen LogP contribution >= 0.6 is 0 Å². The van der Waals surface area contributed by atoms with Crippen LogP contribution in [0, 0.1) is 11.8 Å². The third-order valence-electron chi connectivity index (χ3n) is 3.16. The maximum atomic E-state index is 11.6. The highest BCUT2D eigenvalue weighted by atomic mass is 16.7. The molecule has 0 aliphatic carbocycles. The molecule has 0 aromatic heterocycles. The summed E-state index contributed by atoms with van der Waals surface area (Å²) in [5, 5.41) is 11.5. The molecule has 0 aromatic carbocycles. The van der Waals surface area contributed by atoms with E-state index in [9.17, 15) is 4.79 Å². The second-order valence-corrected chi connectivity index (χ2v) is 4.44. The average Bonchev–Trinajstić information content (AvgIpc) is 2.37. The number of carbonyl (C=O) groups excluding carboxylic acids is 1. The van der Waals surface area contributed by atoms with Gasteiger partial charge in [0.15, 0.2) is 5.76 Å². The summed E-state index contributed by atoms with van der Waals surface area (Å²) >= 11 is 0. The van der Waals surface area contributed by atoms with Gasteiger partial charge in [0.25, 0.3) is 5.91 Å². The quantitative estimate of drug-likeness (QED) is 0.746. The van der Waals surface area contributed by atoms with Crippen molar-refractivity contribution in [2.75, 3.05) is 20.3 Å². The monoisotopic (exact) mass is 257 g/mol. The van der Waals surface area contributed by atoms with Crippen molar-refractivity contribution >= 4 is 5.91 Å². The first kappa shape index (κ1) is 15.0. The second-order valence-electron chi connectivity index (χ2n) is 4.44. The summed E-state index contributed by atoms with van der Waals surface area (Å²) in [6, 6.07) is 0. The molecule has 0 aromatic rings. The molecule has 0 saturated carbocycles. The molecule has 0 fully saturated rings. The third-order valence-corrected chi connectivity index (χ3v) is 3.16. The van der Waals surface area contributed by atoms with Crippen LogP contribution in [0.2, 0.25) is 0 Å². The van der Waals surface area contributed by atoms with E-state index in [1.54, 1.807) is 7.05 Å². The van der Waals surface area contributed by atoms with Gasteiger partial charge in [0.2, 0.25) is 6.29 Å². The lowest BCUT2D eigenvalue weighted by Gasteiger charge is -2.35. The molecule has 18 heavy (non-hydrogen) atoms. The smallest absolute Gasteiger partial charge is 0.285 e. The number of hydrogen-bond donors (Lipinski definition) is 2. The van der Waals surface area contributed by atoms with Crippen molar-refractivity contribution in [2.45, 2.75) is 33.0 Å². The maximum absolute atomic E-state index is 11.6. The van der Waals surface area contributed by atoms with Crippen LogP contribution in [0.3, 0.4) is 0 Å². The van der Waals surface area contributed by atoms with E-state index in [-0.39, 0.29) is 24.3 Å². The van der Waals surface area contributed by atoms with Gasteiger partial charge in [0.05, 0.1) is 0 Å². The molecule has 1 aliphatic rings. The molecule has 3 atom stereocenters. The SMILES string of the molecule is CCO[C@@H]1OC(C(=O)NC)=C[C@H](C)[C@@H]1CCCO. The topological polar surface area (TPSA) is 67.8 Å². The Morgan fingerprint density at radius 1 is 1.61 bits per heavy atom. The van der Waals surface area contributed by atoms with Crippen molar-refractivity contribution in [3.05, 3.63) is 11.8 Å². The highest BCUT2D eigenvalue weighted by Crippen LogP contribution is 2.32. The lowest BCUT2D eigenvalue weighted by Crippen LogP contribution is -2.38. The number of carbonyl (C=O) groups is 1. The largest absolute Gasteiger partial charge is 0.459 e. The van der Waals surface area contributed by atoms with E-state index in [0.29, 0.717) is 18.8 Å². The van der Waals surface area contributed by atoms with Crippen LogP contribution in [-0.2, 0) is 14.3 Å². The number of allylic oxidation sites excluding steroid dienone is 1. The van der Waals surface area contributed by atoms with Crippen LogP contribution < -0.4 is 5.32 Å². The first-order valence-electron chi connectivity index (χ1n) is 6.47. The lowest BCUT2D eigenvalue weighted by atomic mass is 9.87. The average molecular weight is 257 g/mol. The summed E-state index contributed by atoms with van der Waals surface area (Å²) in [5.74, 6) is 0.454. The van der Waals surface area contributed by atoms with E-state index < -0.39 is 6.29 Å². The molecule has 1 aliphatic heterocycles. The Morgan fingerprint density at radius 2 is 2.33 bits per heavy atom. The fourth-order valence-corrected chi connectivity index (χ4v) is 2.16. The Labute approximate surface area is 108 Å². The van der Waals surface area contributed by atoms with Gasteiger partial charge in [-0.3, -0.25) is 4.79 Å². The maximum Gasteiger partial charge on any atom is 0.285 e. The number of rotatable bonds is 6. The summed E-state index contributed by atoms with van der Waals surface area (Å²) in [5.41, 5.74) is 0. The van der Waals surface area contributed by atoms with Gasteiger partial charge in [-0.05, 0) is 31.8 Å². The molecule has 5 nitrogen and oxygen atoms in total. The molecular formula is C13H23NO4. The van der Waals surface area contributed by atoms with Crippen molar-refractivity contribution in [2.24, 2.45) is 11.8 Å². The highest BCUT2D eigenvalue weighted by molar-refractivity contribution is 5.91. The van der Waals surface area contributed by atoms with Crippen molar-refractivity contribution in [1.29, 1.82) is 0 Å². The van der Waals surface area contributed by atoms with Gasteiger partial charge < -0.3 is 19.9 Å². The zero-order valence-electron chi connectivity index (χ0n) is 11.3. The third kappa shape index (κ3) is 3.71. The summed E-state index contributed by atoms with van der Waals surface area (Å²) in [7, 11) is 1.57. The summed E-state index contributed by atoms with van der Waals surface area (Å²) < 4.78 is 11.2. The number of amides is 1. The normalized spacial score (nSPS) is 27.3. The van der Waals surface area contributed by atoms with E-state index in [1.807, 2.05) is 19.9 Å². The second kappa shape index (κ2) is 7.38. The molecule has 0 unspecified atom stereocenters. The first-order chi connectivity index (χ1) is 8.63. The molecule has 1 amide bonds. The molecule has 1 heterocycles. The van der Waals surface area contributed by atoms with Crippen LogP contribution in [0.4, 0.5) is 0 Å². The van der Waals surface area contributed by atoms with E-state index in [4.69, 9.17) is 14.6 Å². The van der Waals surface area contributed by atoms with Crippen LogP contribution in [0.25, 0.3) is 0 Å². The lowest BCUT2D eigenvalue weighted by molar-refractivity contribution is -0.170. The minimum atomic E-state index is -0.408.